The quantitative estimate of drug-likeness (QED) is 0.671. The number of hydrogen-bond acceptors (Lipinski definition) is 3. The van der Waals surface area contributed by atoms with Gasteiger partial charge in [0.05, 0.1) is 6.61 Å². The van der Waals surface area contributed by atoms with Crippen molar-refractivity contribution in [1.29, 1.82) is 0 Å². The fourth-order valence-corrected chi connectivity index (χ4v) is 1.81. The van der Waals surface area contributed by atoms with Crippen LogP contribution in [0.3, 0.4) is 0 Å². The highest BCUT2D eigenvalue weighted by Crippen LogP contribution is 2.22. The Hall–Kier alpha value is -0.570. The van der Waals surface area contributed by atoms with Crippen molar-refractivity contribution in [3.63, 3.8) is 0 Å². The largest absolute Gasteiger partial charge is 0.466 e. The van der Waals surface area contributed by atoms with Crippen molar-refractivity contribution in [3.8, 4) is 0 Å². The summed E-state index contributed by atoms with van der Waals surface area (Å²) in [5, 5.41) is 3.32. The third-order valence-electron chi connectivity index (χ3n) is 2.70. The summed E-state index contributed by atoms with van der Waals surface area (Å²) in [6.07, 6.45) is 1.69. The van der Waals surface area contributed by atoms with Gasteiger partial charge in [-0.2, -0.15) is 0 Å². The molecule has 0 amide bonds. The van der Waals surface area contributed by atoms with Gasteiger partial charge in [-0.3, -0.25) is 4.79 Å². The molecule has 0 aliphatic carbocycles. The van der Waals surface area contributed by atoms with E-state index in [-0.39, 0.29) is 5.97 Å². The lowest BCUT2D eigenvalue weighted by molar-refractivity contribution is -0.144. The number of esters is 1. The molecule has 1 aliphatic rings. The average molecular weight is 185 g/mol. The van der Waals surface area contributed by atoms with Crippen LogP contribution in [0.15, 0.2) is 0 Å². The third-order valence-corrected chi connectivity index (χ3v) is 2.70. The average Bonchev–Trinajstić information content (AvgIpc) is 2.09. The van der Waals surface area contributed by atoms with Gasteiger partial charge in [0.15, 0.2) is 0 Å². The molecule has 1 aliphatic heterocycles. The highest BCUT2D eigenvalue weighted by molar-refractivity contribution is 5.69. The lowest BCUT2D eigenvalue weighted by Crippen LogP contribution is -2.36. The smallest absolute Gasteiger partial charge is 0.306 e. The van der Waals surface area contributed by atoms with Crippen LogP contribution in [0.25, 0.3) is 0 Å². The van der Waals surface area contributed by atoms with Crippen LogP contribution in [0.4, 0.5) is 0 Å². The predicted octanol–water partition coefficient (Wildman–Crippen LogP) is 1.19. The molecule has 0 unspecified atom stereocenters. The molecule has 1 N–H and O–H groups in total. The molecule has 0 radical (unpaired) electrons. The fraction of sp³-hybridized carbons (Fsp3) is 0.900. The molecule has 0 bridgehead atoms. The van der Waals surface area contributed by atoms with E-state index < -0.39 is 0 Å². The second kappa shape index (κ2) is 5.22. The Morgan fingerprint density at radius 2 is 2.38 bits per heavy atom. The van der Waals surface area contributed by atoms with E-state index >= 15 is 0 Å². The molecule has 0 aromatic rings. The highest BCUT2D eigenvalue weighted by Gasteiger charge is 2.23. The lowest BCUT2D eigenvalue weighted by Gasteiger charge is -2.28. The van der Waals surface area contributed by atoms with Gasteiger partial charge in [-0.1, -0.05) is 6.92 Å². The van der Waals surface area contributed by atoms with E-state index in [9.17, 15) is 4.79 Å². The van der Waals surface area contributed by atoms with Crippen molar-refractivity contribution in [3.05, 3.63) is 0 Å². The molecule has 1 fully saturated rings. The maximum Gasteiger partial charge on any atom is 0.306 e. The number of ether oxygens (including phenoxy) is 1. The molecule has 3 heteroatoms. The number of nitrogens with one attached hydrogen (secondary N) is 1. The van der Waals surface area contributed by atoms with Gasteiger partial charge in [0.1, 0.15) is 0 Å². The Balaban J connectivity index is 2.29. The molecule has 2 atom stereocenters. The SMILES string of the molecule is CCOC(=O)C[C@@H]1CCNC[C@H]1C. The van der Waals surface area contributed by atoms with Crippen molar-refractivity contribution in [2.24, 2.45) is 11.8 Å². The van der Waals surface area contributed by atoms with Crippen LogP contribution in [0, 0.1) is 11.8 Å². The molecule has 13 heavy (non-hydrogen) atoms. The van der Waals surface area contributed by atoms with Crippen molar-refractivity contribution in [1.82, 2.24) is 5.32 Å². The summed E-state index contributed by atoms with van der Waals surface area (Å²) in [4.78, 5) is 11.2. The van der Waals surface area contributed by atoms with E-state index in [2.05, 4.69) is 12.2 Å². The van der Waals surface area contributed by atoms with Crippen LogP contribution < -0.4 is 5.32 Å². The van der Waals surface area contributed by atoms with Crippen molar-refractivity contribution in [2.45, 2.75) is 26.7 Å². The van der Waals surface area contributed by atoms with Gasteiger partial charge >= 0.3 is 5.97 Å². The topological polar surface area (TPSA) is 38.3 Å². The zero-order valence-electron chi connectivity index (χ0n) is 8.51. The van der Waals surface area contributed by atoms with Gasteiger partial charge in [-0.25, -0.2) is 0 Å². The number of hydrogen-bond donors (Lipinski definition) is 1. The molecule has 0 aromatic heterocycles. The van der Waals surface area contributed by atoms with Gasteiger partial charge in [0.25, 0.3) is 0 Å². The minimum Gasteiger partial charge on any atom is -0.466 e. The molecular formula is C10H19NO2. The van der Waals surface area contributed by atoms with Crippen LogP contribution in [0.2, 0.25) is 0 Å². The van der Waals surface area contributed by atoms with E-state index in [0.29, 0.717) is 24.9 Å². The van der Waals surface area contributed by atoms with Crippen molar-refractivity contribution < 1.29 is 9.53 Å². The Labute approximate surface area is 79.8 Å². The normalized spacial score (nSPS) is 28.5. The number of piperidine rings is 1. The Bertz CT molecular complexity index is 170. The molecule has 0 saturated carbocycles. The summed E-state index contributed by atoms with van der Waals surface area (Å²) in [7, 11) is 0. The van der Waals surface area contributed by atoms with Crippen LogP contribution in [0.1, 0.15) is 26.7 Å². The van der Waals surface area contributed by atoms with E-state index in [1.54, 1.807) is 0 Å². The van der Waals surface area contributed by atoms with E-state index in [1.165, 1.54) is 0 Å². The minimum absolute atomic E-state index is 0.0405. The standard InChI is InChI=1S/C10H19NO2/c1-3-13-10(12)6-9-4-5-11-7-8(9)2/h8-9,11H,3-7H2,1-2H3/t8-,9+/m1/s1. The van der Waals surface area contributed by atoms with Crippen molar-refractivity contribution in [2.75, 3.05) is 19.7 Å². The van der Waals surface area contributed by atoms with Gasteiger partial charge in [-0.05, 0) is 38.3 Å². The monoisotopic (exact) mass is 185 g/mol. The molecule has 1 saturated heterocycles. The predicted molar refractivity (Wildman–Crippen MR) is 51.4 cm³/mol. The third kappa shape index (κ3) is 3.35. The van der Waals surface area contributed by atoms with Crippen LogP contribution in [0.5, 0.6) is 0 Å². The summed E-state index contributed by atoms with van der Waals surface area (Å²) < 4.78 is 4.93. The molecule has 0 spiro atoms. The first-order valence-electron chi connectivity index (χ1n) is 5.10. The summed E-state index contributed by atoms with van der Waals surface area (Å²) in [5.41, 5.74) is 0. The highest BCUT2D eigenvalue weighted by atomic mass is 16.5. The summed E-state index contributed by atoms with van der Waals surface area (Å²) >= 11 is 0. The summed E-state index contributed by atoms with van der Waals surface area (Å²) in [6, 6.07) is 0. The van der Waals surface area contributed by atoms with E-state index in [4.69, 9.17) is 4.74 Å². The van der Waals surface area contributed by atoms with E-state index in [1.807, 2.05) is 6.92 Å². The maximum absolute atomic E-state index is 11.2. The van der Waals surface area contributed by atoms with Gasteiger partial charge in [0.2, 0.25) is 0 Å². The second-order valence-electron chi connectivity index (χ2n) is 3.74. The zero-order chi connectivity index (χ0) is 9.68. The molecule has 0 aromatic carbocycles. The Kier molecular flexibility index (Phi) is 4.22. The number of carbonyl (C=O) groups excluding carboxylic acids is 1. The van der Waals surface area contributed by atoms with Crippen LogP contribution in [-0.2, 0) is 9.53 Å². The fourth-order valence-electron chi connectivity index (χ4n) is 1.81. The molecule has 1 heterocycles. The summed E-state index contributed by atoms with van der Waals surface area (Å²) in [5.74, 6) is 1.07. The summed E-state index contributed by atoms with van der Waals surface area (Å²) in [6.45, 7) is 6.61. The number of carbonyl (C=O) groups is 1. The van der Waals surface area contributed by atoms with Crippen LogP contribution in [-0.4, -0.2) is 25.7 Å². The number of rotatable bonds is 3. The van der Waals surface area contributed by atoms with Gasteiger partial charge in [0, 0.05) is 6.42 Å². The minimum atomic E-state index is -0.0405. The Morgan fingerprint density at radius 3 is 3.00 bits per heavy atom. The molecule has 1 rings (SSSR count). The first kappa shape index (κ1) is 10.5. The first-order chi connectivity index (χ1) is 6.24. The second-order valence-corrected chi connectivity index (χ2v) is 3.74. The maximum atomic E-state index is 11.2. The molecular weight excluding hydrogens is 166 g/mol. The Morgan fingerprint density at radius 1 is 1.62 bits per heavy atom. The van der Waals surface area contributed by atoms with E-state index in [0.717, 1.165) is 19.5 Å². The van der Waals surface area contributed by atoms with Crippen molar-refractivity contribution >= 4 is 5.97 Å². The molecule has 3 nitrogen and oxygen atoms in total. The first-order valence-corrected chi connectivity index (χ1v) is 5.10. The van der Waals surface area contributed by atoms with Crippen LogP contribution >= 0.6 is 0 Å². The lowest BCUT2D eigenvalue weighted by atomic mass is 9.85. The zero-order valence-corrected chi connectivity index (χ0v) is 8.51. The van der Waals surface area contributed by atoms with Gasteiger partial charge in [-0.15, -0.1) is 0 Å². The van der Waals surface area contributed by atoms with Gasteiger partial charge < -0.3 is 10.1 Å². The molecule has 76 valence electrons.